The number of fused-ring (bicyclic) bond motifs is 1. The summed E-state index contributed by atoms with van der Waals surface area (Å²) in [5.41, 5.74) is 1.76. The SMILES string of the molecule is O=S(=O)(Nc1ncns1)c1ccc2c(N3CCCC3c3ccncc3)ncnc2c1. The van der Waals surface area contributed by atoms with Crippen molar-refractivity contribution in [1.82, 2.24) is 24.3 Å². The minimum absolute atomic E-state index is 0.113. The molecule has 5 rings (SSSR count). The Morgan fingerprint density at radius 2 is 1.93 bits per heavy atom. The summed E-state index contributed by atoms with van der Waals surface area (Å²) >= 11 is 0.977. The molecule has 1 atom stereocenters. The number of hydrogen-bond donors (Lipinski definition) is 1. The number of nitrogens with zero attached hydrogens (tertiary/aromatic N) is 6. The summed E-state index contributed by atoms with van der Waals surface area (Å²) in [6.45, 7) is 0.873. The second-order valence-electron chi connectivity index (χ2n) is 6.86. The second kappa shape index (κ2) is 7.58. The molecule has 1 aliphatic rings. The molecule has 9 nitrogen and oxygen atoms in total. The normalized spacial score (nSPS) is 16.8. The molecule has 1 fully saturated rings. The monoisotopic (exact) mass is 439 g/mol. The molecular weight excluding hydrogens is 422 g/mol. The summed E-state index contributed by atoms with van der Waals surface area (Å²) in [4.78, 5) is 19.2. The molecule has 11 heteroatoms. The lowest BCUT2D eigenvalue weighted by atomic mass is 10.1. The van der Waals surface area contributed by atoms with Crippen LogP contribution in [-0.2, 0) is 10.0 Å². The second-order valence-corrected chi connectivity index (χ2v) is 9.32. The predicted molar refractivity (Wildman–Crippen MR) is 114 cm³/mol. The van der Waals surface area contributed by atoms with Crippen LogP contribution in [0, 0.1) is 0 Å². The van der Waals surface area contributed by atoms with E-state index in [-0.39, 0.29) is 16.1 Å². The third-order valence-electron chi connectivity index (χ3n) is 5.10. The van der Waals surface area contributed by atoms with Gasteiger partial charge >= 0.3 is 0 Å². The fraction of sp³-hybridized carbons (Fsp3) is 0.211. The van der Waals surface area contributed by atoms with Crippen molar-refractivity contribution in [2.75, 3.05) is 16.2 Å². The van der Waals surface area contributed by atoms with Gasteiger partial charge in [-0.25, -0.2) is 23.4 Å². The van der Waals surface area contributed by atoms with E-state index in [9.17, 15) is 8.42 Å². The van der Waals surface area contributed by atoms with E-state index in [1.165, 1.54) is 18.2 Å². The van der Waals surface area contributed by atoms with Gasteiger partial charge in [0.25, 0.3) is 10.0 Å². The van der Waals surface area contributed by atoms with Crippen molar-refractivity contribution in [1.29, 1.82) is 0 Å². The first-order valence-corrected chi connectivity index (χ1v) is 11.6. The molecular formula is C19H17N7O2S2. The molecule has 1 aliphatic heterocycles. The lowest BCUT2D eigenvalue weighted by Gasteiger charge is -2.27. The minimum Gasteiger partial charge on any atom is -0.349 e. The van der Waals surface area contributed by atoms with Gasteiger partial charge in [-0.3, -0.25) is 9.71 Å². The zero-order valence-corrected chi connectivity index (χ0v) is 17.3. The van der Waals surface area contributed by atoms with E-state index >= 15 is 0 Å². The highest BCUT2D eigenvalue weighted by Crippen LogP contribution is 2.38. The quantitative estimate of drug-likeness (QED) is 0.505. The van der Waals surface area contributed by atoms with E-state index in [0.717, 1.165) is 42.1 Å². The Balaban J connectivity index is 1.52. The van der Waals surface area contributed by atoms with E-state index in [1.54, 1.807) is 30.6 Å². The lowest BCUT2D eigenvalue weighted by molar-refractivity contribution is 0.601. The average molecular weight is 440 g/mol. The first kappa shape index (κ1) is 18.8. The molecule has 0 amide bonds. The number of pyridine rings is 1. The highest BCUT2D eigenvalue weighted by molar-refractivity contribution is 7.93. The third kappa shape index (κ3) is 3.46. The van der Waals surface area contributed by atoms with Gasteiger partial charge in [0.1, 0.15) is 18.5 Å². The molecule has 4 aromatic rings. The summed E-state index contributed by atoms with van der Waals surface area (Å²) in [6, 6.07) is 9.14. The molecule has 1 saturated heterocycles. The van der Waals surface area contributed by atoms with E-state index < -0.39 is 10.0 Å². The van der Waals surface area contributed by atoms with Gasteiger partial charge in [0.2, 0.25) is 5.13 Å². The number of aromatic nitrogens is 5. The van der Waals surface area contributed by atoms with Gasteiger partial charge in [-0.2, -0.15) is 4.37 Å². The van der Waals surface area contributed by atoms with Crippen LogP contribution in [-0.4, -0.2) is 39.3 Å². The van der Waals surface area contributed by atoms with Gasteiger partial charge in [0, 0.05) is 35.9 Å². The van der Waals surface area contributed by atoms with Crippen molar-refractivity contribution in [2.24, 2.45) is 0 Å². The number of nitrogens with one attached hydrogen (secondary N) is 1. The Hall–Kier alpha value is -3.18. The van der Waals surface area contributed by atoms with E-state index in [0.29, 0.717) is 5.52 Å². The summed E-state index contributed by atoms with van der Waals surface area (Å²) in [5, 5.41) is 1.03. The summed E-state index contributed by atoms with van der Waals surface area (Å²) in [5.74, 6) is 0.806. The molecule has 0 spiro atoms. The highest BCUT2D eigenvalue weighted by Gasteiger charge is 2.28. The Labute approximate surface area is 177 Å². The smallest absolute Gasteiger partial charge is 0.263 e. The van der Waals surface area contributed by atoms with Crippen molar-refractivity contribution in [3.05, 3.63) is 60.9 Å². The number of hydrogen-bond acceptors (Lipinski definition) is 9. The van der Waals surface area contributed by atoms with E-state index in [1.807, 2.05) is 12.1 Å². The van der Waals surface area contributed by atoms with Crippen LogP contribution in [0.4, 0.5) is 10.9 Å². The molecule has 0 saturated carbocycles. The van der Waals surface area contributed by atoms with Crippen LogP contribution in [0.25, 0.3) is 10.9 Å². The van der Waals surface area contributed by atoms with Crippen LogP contribution in [0.2, 0.25) is 0 Å². The van der Waals surface area contributed by atoms with E-state index in [4.69, 9.17) is 0 Å². The summed E-state index contributed by atoms with van der Waals surface area (Å²) < 4.78 is 31.6. The number of sulfonamides is 1. The first-order chi connectivity index (χ1) is 14.6. The largest absolute Gasteiger partial charge is 0.349 e. The molecule has 3 aromatic heterocycles. The van der Waals surface area contributed by atoms with Crippen LogP contribution < -0.4 is 9.62 Å². The lowest BCUT2D eigenvalue weighted by Crippen LogP contribution is -2.24. The maximum atomic E-state index is 12.7. The number of anilines is 2. The number of benzene rings is 1. The summed E-state index contributed by atoms with van der Waals surface area (Å²) in [7, 11) is -3.78. The molecule has 30 heavy (non-hydrogen) atoms. The Morgan fingerprint density at radius 1 is 1.07 bits per heavy atom. The van der Waals surface area contributed by atoms with Crippen molar-refractivity contribution >= 4 is 43.4 Å². The van der Waals surface area contributed by atoms with Crippen LogP contribution in [0.15, 0.2) is 60.3 Å². The standard InChI is InChI=1S/C19H17N7O2S2/c27-30(28,25-19-23-12-24-29-19)14-3-4-15-16(10-14)21-11-22-18(15)26-9-1-2-17(26)13-5-7-20-8-6-13/h3-8,10-12,17H,1-2,9H2,(H,23,24,25). The molecule has 0 radical (unpaired) electrons. The van der Waals surface area contributed by atoms with Crippen molar-refractivity contribution in [2.45, 2.75) is 23.8 Å². The molecule has 4 heterocycles. The van der Waals surface area contributed by atoms with Gasteiger partial charge in [0.05, 0.1) is 16.5 Å². The van der Waals surface area contributed by atoms with Crippen LogP contribution in [0.1, 0.15) is 24.4 Å². The molecule has 0 bridgehead atoms. The maximum absolute atomic E-state index is 12.7. The number of rotatable bonds is 5. The minimum atomic E-state index is -3.78. The van der Waals surface area contributed by atoms with Crippen molar-refractivity contribution < 1.29 is 8.42 Å². The molecule has 1 aromatic carbocycles. The predicted octanol–water partition coefficient (Wildman–Crippen LogP) is 3.02. The topological polar surface area (TPSA) is 114 Å². The molecule has 1 unspecified atom stereocenters. The van der Waals surface area contributed by atoms with Crippen molar-refractivity contribution in [3.63, 3.8) is 0 Å². The molecule has 0 aliphatic carbocycles. The molecule has 1 N–H and O–H groups in total. The average Bonchev–Trinajstić information content (AvgIpc) is 3.45. The van der Waals surface area contributed by atoms with Crippen LogP contribution >= 0.6 is 11.5 Å². The Morgan fingerprint density at radius 3 is 2.73 bits per heavy atom. The zero-order valence-electron chi connectivity index (χ0n) is 15.7. The molecule has 152 valence electrons. The van der Waals surface area contributed by atoms with Crippen molar-refractivity contribution in [3.8, 4) is 0 Å². The highest BCUT2D eigenvalue weighted by atomic mass is 32.2. The van der Waals surface area contributed by atoms with E-state index in [2.05, 4.69) is 33.9 Å². The third-order valence-corrected chi connectivity index (χ3v) is 7.14. The fourth-order valence-corrected chi connectivity index (χ4v) is 5.44. The van der Waals surface area contributed by atoms with Gasteiger partial charge in [-0.1, -0.05) is 0 Å². The zero-order chi connectivity index (χ0) is 20.6. The Kier molecular flexibility index (Phi) is 4.75. The maximum Gasteiger partial charge on any atom is 0.263 e. The summed E-state index contributed by atoms with van der Waals surface area (Å²) in [6.07, 6.45) is 8.45. The first-order valence-electron chi connectivity index (χ1n) is 9.33. The van der Waals surface area contributed by atoms with Gasteiger partial charge < -0.3 is 4.90 Å². The van der Waals surface area contributed by atoms with Gasteiger partial charge in [-0.15, -0.1) is 0 Å². The van der Waals surface area contributed by atoms with Crippen LogP contribution in [0.3, 0.4) is 0 Å². The van der Waals surface area contributed by atoms with Gasteiger partial charge in [0.15, 0.2) is 0 Å². The van der Waals surface area contributed by atoms with Gasteiger partial charge in [-0.05, 0) is 48.7 Å². The van der Waals surface area contributed by atoms with Crippen LogP contribution in [0.5, 0.6) is 0 Å². The Bertz CT molecular complexity index is 1280. The fourth-order valence-electron chi connectivity index (χ4n) is 3.76.